The number of amides is 1. The summed E-state index contributed by atoms with van der Waals surface area (Å²) >= 11 is 0. The predicted molar refractivity (Wildman–Crippen MR) is 63.7 cm³/mol. The van der Waals surface area contributed by atoms with Crippen LogP contribution in [0, 0.1) is 0 Å². The summed E-state index contributed by atoms with van der Waals surface area (Å²) in [5.41, 5.74) is 6.44. The zero-order valence-corrected chi connectivity index (χ0v) is 9.81. The Balaban J connectivity index is 2.24. The van der Waals surface area contributed by atoms with Gasteiger partial charge in [-0.15, -0.1) is 0 Å². The van der Waals surface area contributed by atoms with Gasteiger partial charge >= 0.3 is 0 Å². The minimum Gasteiger partial charge on any atom is -0.398 e. The Bertz CT molecular complexity index is 358. The van der Waals surface area contributed by atoms with Crippen LogP contribution in [0.2, 0.25) is 0 Å². The number of carbonyl (C=O) groups is 1. The lowest BCUT2D eigenvalue weighted by atomic mass is 10.2. The highest BCUT2D eigenvalue weighted by molar-refractivity contribution is 5.98. The van der Waals surface area contributed by atoms with E-state index in [0.717, 1.165) is 0 Å². The molecule has 0 aromatic carbocycles. The minimum atomic E-state index is -0.244. The Morgan fingerprint density at radius 1 is 1.47 bits per heavy atom. The van der Waals surface area contributed by atoms with Crippen LogP contribution in [0.1, 0.15) is 10.4 Å². The van der Waals surface area contributed by atoms with Crippen LogP contribution in [-0.4, -0.2) is 44.4 Å². The van der Waals surface area contributed by atoms with E-state index in [1.54, 1.807) is 19.4 Å². The fourth-order valence-corrected chi connectivity index (χ4v) is 1.17. The summed E-state index contributed by atoms with van der Waals surface area (Å²) in [5, 5.41) is 2.69. The van der Waals surface area contributed by atoms with E-state index in [2.05, 4.69) is 10.3 Å². The lowest BCUT2D eigenvalue weighted by Gasteiger charge is -2.07. The zero-order chi connectivity index (χ0) is 12.5. The molecule has 1 amide bonds. The topological polar surface area (TPSA) is 86.5 Å². The highest BCUT2D eigenvalue weighted by atomic mass is 16.5. The maximum atomic E-state index is 11.6. The van der Waals surface area contributed by atoms with Gasteiger partial charge in [-0.3, -0.25) is 9.78 Å². The first-order chi connectivity index (χ1) is 8.25. The fourth-order valence-electron chi connectivity index (χ4n) is 1.17. The number of hydrogen-bond donors (Lipinski definition) is 2. The van der Waals surface area contributed by atoms with Crippen molar-refractivity contribution < 1.29 is 14.3 Å². The van der Waals surface area contributed by atoms with Gasteiger partial charge in [0.05, 0.1) is 25.4 Å². The third-order valence-corrected chi connectivity index (χ3v) is 2.06. The average molecular weight is 239 g/mol. The molecule has 6 heteroatoms. The van der Waals surface area contributed by atoms with Crippen molar-refractivity contribution in [1.29, 1.82) is 0 Å². The quantitative estimate of drug-likeness (QED) is 0.657. The van der Waals surface area contributed by atoms with Gasteiger partial charge in [-0.25, -0.2) is 0 Å². The molecule has 0 atom stereocenters. The van der Waals surface area contributed by atoms with E-state index in [-0.39, 0.29) is 5.91 Å². The summed E-state index contributed by atoms with van der Waals surface area (Å²) < 4.78 is 10.0. The van der Waals surface area contributed by atoms with Crippen molar-refractivity contribution in [2.24, 2.45) is 0 Å². The number of nitrogens with two attached hydrogens (primary N) is 1. The van der Waals surface area contributed by atoms with Gasteiger partial charge in [-0.05, 0) is 6.07 Å². The van der Waals surface area contributed by atoms with Crippen molar-refractivity contribution in [3.8, 4) is 0 Å². The van der Waals surface area contributed by atoms with E-state index >= 15 is 0 Å². The smallest absolute Gasteiger partial charge is 0.255 e. The summed E-state index contributed by atoms with van der Waals surface area (Å²) in [4.78, 5) is 15.5. The van der Waals surface area contributed by atoms with E-state index in [4.69, 9.17) is 15.2 Å². The summed E-state index contributed by atoms with van der Waals surface area (Å²) in [7, 11) is 1.61. The maximum absolute atomic E-state index is 11.6. The molecule has 0 spiro atoms. The monoisotopic (exact) mass is 239 g/mol. The van der Waals surface area contributed by atoms with Crippen LogP contribution in [-0.2, 0) is 9.47 Å². The summed E-state index contributed by atoms with van der Waals surface area (Å²) in [5.74, 6) is -0.244. The number of anilines is 1. The molecule has 0 aliphatic carbocycles. The largest absolute Gasteiger partial charge is 0.398 e. The van der Waals surface area contributed by atoms with Gasteiger partial charge in [-0.1, -0.05) is 0 Å². The van der Waals surface area contributed by atoms with E-state index in [1.165, 1.54) is 6.20 Å². The van der Waals surface area contributed by atoms with Gasteiger partial charge in [0.15, 0.2) is 0 Å². The number of nitrogen functional groups attached to an aromatic ring is 1. The lowest BCUT2D eigenvalue weighted by molar-refractivity contribution is 0.0693. The van der Waals surface area contributed by atoms with Crippen LogP contribution in [0.4, 0.5) is 5.69 Å². The third-order valence-electron chi connectivity index (χ3n) is 2.06. The van der Waals surface area contributed by atoms with Crippen molar-refractivity contribution in [3.05, 3.63) is 24.0 Å². The molecule has 0 bridgehead atoms. The molecule has 0 fully saturated rings. The van der Waals surface area contributed by atoms with Crippen molar-refractivity contribution in [2.75, 3.05) is 39.2 Å². The predicted octanol–water partition coefficient (Wildman–Crippen LogP) is 0.0566. The van der Waals surface area contributed by atoms with Gasteiger partial charge < -0.3 is 20.5 Å². The molecule has 0 aliphatic rings. The second-order valence-electron chi connectivity index (χ2n) is 3.32. The van der Waals surface area contributed by atoms with Crippen LogP contribution in [0.25, 0.3) is 0 Å². The van der Waals surface area contributed by atoms with Gasteiger partial charge in [0, 0.05) is 31.7 Å². The van der Waals surface area contributed by atoms with Crippen molar-refractivity contribution in [2.45, 2.75) is 0 Å². The molecule has 1 aromatic heterocycles. The Morgan fingerprint density at radius 2 is 2.29 bits per heavy atom. The van der Waals surface area contributed by atoms with E-state index < -0.39 is 0 Å². The van der Waals surface area contributed by atoms with Crippen molar-refractivity contribution in [1.82, 2.24) is 10.3 Å². The van der Waals surface area contributed by atoms with Crippen molar-refractivity contribution in [3.63, 3.8) is 0 Å². The molecule has 6 nitrogen and oxygen atoms in total. The van der Waals surface area contributed by atoms with Crippen LogP contribution in [0.5, 0.6) is 0 Å². The second-order valence-corrected chi connectivity index (χ2v) is 3.32. The van der Waals surface area contributed by atoms with Crippen molar-refractivity contribution >= 4 is 11.6 Å². The highest BCUT2D eigenvalue weighted by Crippen LogP contribution is 2.07. The van der Waals surface area contributed by atoms with Gasteiger partial charge in [0.2, 0.25) is 0 Å². The molecule has 3 N–H and O–H groups in total. The second kappa shape index (κ2) is 7.59. The normalized spacial score (nSPS) is 10.2. The van der Waals surface area contributed by atoms with Crippen LogP contribution in [0.3, 0.4) is 0 Å². The zero-order valence-electron chi connectivity index (χ0n) is 9.81. The average Bonchev–Trinajstić information content (AvgIpc) is 2.34. The third kappa shape index (κ3) is 4.80. The number of ether oxygens (including phenoxy) is 2. The molecule has 1 aromatic rings. The lowest BCUT2D eigenvalue weighted by Crippen LogP contribution is -2.28. The summed E-state index contributed by atoms with van der Waals surface area (Å²) in [6.07, 6.45) is 2.98. The minimum absolute atomic E-state index is 0.244. The van der Waals surface area contributed by atoms with E-state index in [1.807, 2.05) is 0 Å². The first kappa shape index (κ1) is 13.4. The van der Waals surface area contributed by atoms with Gasteiger partial charge in [0.1, 0.15) is 0 Å². The first-order valence-electron chi connectivity index (χ1n) is 5.30. The van der Waals surface area contributed by atoms with Crippen LogP contribution < -0.4 is 11.1 Å². The van der Waals surface area contributed by atoms with E-state index in [9.17, 15) is 4.79 Å². The summed E-state index contributed by atoms with van der Waals surface area (Å²) in [6.45, 7) is 1.93. The Hall–Kier alpha value is -1.66. The van der Waals surface area contributed by atoms with Gasteiger partial charge in [-0.2, -0.15) is 0 Å². The molecule has 0 saturated heterocycles. The molecule has 0 radical (unpaired) electrons. The first-order valence-corrected chi connectivity index (χ1v) is 5.30. The highest BCUT2D eigenvalue weighted by Gasteiger charge is 2.08. The molecule has 0 unspecified atom stereocenters. The molecule has 17 heavy (non-hydrogen) atoms. The number of nitrogens with one attached hydrogen (secondary N) is 1. The molecule has 1 rings (SSSR count). The number of aromatic nitrogens is 1. The Labute approximate surface area is 100 Å². The van der Waals surface area contributed by atoms with Crippen LogP contribution >= 0.6 is 0 Å². The Kier molecular flexibility index (Phi) is 5.98. The number of pyridine rings is 1. The molecular weight excluding hydrogens is 222 g/mol. The standard InChI is InChI=1S/C11H17N3O3/c1-16-6-7-17-5-4-14-11(15)9-8-13-3-2-10(9)12/h2-3,8H,4-7H2,1H3,(H2,12,13)(H,14,15). The molecular formula is C11H17N3O3. The fraction of sp³-hybridized carbons (Fsp3) is 0.455. The number of rotatable bonds is 7. The number of carbonyl (C=O) groups excluding carboxylic acids is 1. The van der Waals surface area contributed by atoms with Gasteiger partial charge in [0.25, 0.3) is 5.91 Å². The molecule has 1 heterocycles. The van der Waals surface area contributed by atoms with Crippen LogP contribution in [0.15, 0.2) is 18.5 Å². The molecule has 94 valence electrons. The molecule has 0 aliphatic heterocycles. The number of nitrogens with zero attached hydrogens (tertiary/aromatic N) is 1. The van der Waals surface area contributed by atoms with E-state index in [0.29, 0.717) is 37.6 Å². The Morgan fingerprint density at radius 3 is 3.00 bits per heavy atom. The SMILES string of the molecule is COCCOCCNC(=O)c1cnccc1N. The molecule has 0 saturated carbocycles. The number of hydrogen-bond acceptors (Lipinski definition) is 5. The summed E-state index contributed by atoms with van der Waals surface area (Å²) in [6, 6.07) is 1.59. The number of methoxy groups -OCH3 is 1. The maximum Gasteiger partial charge on any atom is 0.255 e.